The second kappa shape index (κ2) is 7.50. The first-order chi connectivity index (χ1) is 9.79. The number of aliphatic carboxylic acids is 1. The van der Waals surface area contributed by atoms with Crippen molar-refractivity contribution < 1.29 is 19.7 Å². The van der Waals surface area contributed by atoms with E-state index in [2.05, 4.69) is 15.9 Å². The molecule has 0 aliphatic heterocycles. The molecule has 116 valence electrons. The van der Waals surface area contributed by atoms with Gasteiger partial charge in [0, 0.05) is 12.0 Å². The summed E-state index contributed by atoms with van der Waals surface area (Å²) in [6.45, 7) is 5.75. The number of phenols is 1. The molecule has 1 aromatic rings. The molecule has 2 N–H and O–H groups in total. The second-order valence-electron chi connectivity index (χ2n) is 5.07. The van der Waals surface area contributed by atoms with Gasteiger partial charge in [-0.05, 0) is 60.7 Å². The van der Waals surface area contributed by atoms with Gasteiger partial charge in [-0.25, -0.2) is 0 Å². The number of benzene rings is 1. The van der Waals surface area contributed by atoms with Crippen LogP contribution in [0.3, 0.4) is 0 Å². The minimum absolute atomic E-state index is 0.113. The maximum Gasteiger partial charge on any atom is 0.303 e. The van der Waals surface area contributed by atoms with E-state index in [9.17, 15) is 9.90 Å². The lowest BCUT2D eigenvalue weighted by atomic mass is 9.99. The summed E-state index contributed by atoms with van der Waals surface area (Å²) in [6.07, 6.45) is 3.05. The number of allylic oxidation sites excluding steroid dienone is 2. The SMILES string of the molecule is COc1c(C)c(C)c(Br)c(O)c1C/C=C(\C)CCC(=O)O. The average molecular weight is 357 g/mol. The van der Waals surface area contributed by atoms with Crippen LogP contribution in [-0.4, -0.2) is 23.3 Å². The number of methoxy groups -OCH3 is 1. The van der Waals surface area contributed by atoms with Crippen LogP contribution >= 0.6 is 15.9 Å². The molecular formula is C16H21BrO4. The standard InChI is InChI=1S/C16H21BrO4/c1-9(6-8-13(18)19)5-7-12-15(20)14(17)10(2)11(3)16(12)21-4/h5,20H,6-8H2,1-4H3,(H,18,19)/b9-5+. The van der Waals surface area contributed by atoms with E-state index in [1.54, 1.807) is 7.11 Å². The molecule has 0 radical (unpaired) electrons. The van der Waals surface area contributed by atoms with Crippen molar-refractivity contribution in [2.75, 3.05) is 7.11 Å². The zero-order valence-electron chi connectivity index (χ0n) is 12.8. The van der Waals surface area contributed by atoms with Crippen LogP contribution in [0.5, 0.6) is 11.5 Å². The number of carbonyl (C=O) groups is 1. The Bertz CT molecular complexity index is 576. The van der Waals surface area contributed by atoms with Gasteiger partial charge in [-0.15, -0.1) is 0 Å². The lowest BCUT2D eigenvalue weighted by Gasteiger charge is -2.17. The van der Waals surface area contributed by atoms with Gasteiger partial charge in [0.05, 0.1) is 11.6 Å². The molecule has 0 spiro atoms. The first-order valence-corrected chi connectivity index (χ1v) is 7.50. The van der Waals surface area contributed by atoms with E-state index < -0.39 is 5.97 Å². The van der Waals surface area contributed by atoms with Gasteiger partial charge in [-0.2, -0.15) is 0 Å². The van der Waals surface area contributed by atoms with E-state index >= 15 is 0 Å². The third-order valence-corrected chi connectivity index (χ3v) is 4.56. The minimum Gasteiger partial charge on any atom is -0.506 e. The quantitative estimate of drug-likeness (QED) is 0.751. The first-order valence-electron chi connectivity index (χ1n) is 6.71. The van der Waals surface area contributed by atoms with Crippen LogP contribution in [0.15, 0.2) is 16.1 Å². The summed E-state index contributed by atoms with van der Waals surface area (Å²) in [6, 6.07) is 0. The van der Waals surface area contributed by atoms with Crippen LogP contribution in [0.4, 0.5) is 0 Å². The fraction of sp³-hybridized carbons (Fsp3) is 0.438. The molecule has 1 aromatic carbocycles. The van der Waals surface area contributed by atoms with Gasteiger partial charge in [0.15, 0.2) is 0 Å². The smallest absolute Gasteiger partial charge is 0.303 e. The molecule has 0 saturated carbocycles. The highest BCUT2D eigenvalue weighted by atomic mass is 79.9. The van der Waals surface area contributed by atoms with E-state index in [1.165, 1.54) is 0 Å². The van der Waals surface area contributed by atoms with Gasteiger partial charge in [0.1, 0.15) is 11.5 Å². The maximum atomic E-state index is 10.6. The van der Waals surface area contributed by atoms with Crippen LogP contribution < -0.4 is 4.74 Å². The Morgan fingerprint density at radius 1 is 1.29 bits per heavy atom. The van der Waals surface area contributed by atoms with E-state index in [0.717, 1.165) is 16.7 Å². The summed E-state index contributed by atoms with van der Waals surface area (Å²) < 4.78 is 6.09. The van der Waals surface area contributed by atoms with Gasteiger partial charge in [0.2, 0.25) is 0 Å². The molecule has 0 aromatic heterocycles. The molecule has 0 saturated heterocycles. The number of aromatic hydroxyl groups is 1. The number of hydrogen-bond acceptors (Lipinski definition) is 3. The van der Waals surface area contributed by atoms with Crippen LogP contribution in [0, 0.1) is 13.8 Å². The van der Waals surface area contributed by atoms with Crippen molar-refractivity contribution >= 4 is 21.9 Å². The molecule has 0 amide bonds. The first kappa shape index (κ1) is 17.6. The summed E-state index contributed by atoms with van der Waals surface area (Å²) in [5, 5.41) is 19.0. The van der Waals surface area contributed by atoms with Gasteiger partial charge in [-0.1, -0.05) is 11.6 Å². The Balaban J connectivity index is 3.08. The van der Waals surface area contributed by atoms with Crippen molar-refractivity contribution in [3.05, 3.63) is 32.8 Å². The Kier molecular flexibility index (Phi) is 6.27. The highest BCUT2D eigenvalue weighted by Gasteiger charge is 2.18. The molecule has 0 unspecified atom stereocenters. The van der Waals surface area contributed by atoms with Crippen molar-refractivity contribution in [3.8, 4) is 11.5 Å². The number of ether oxygens (including phenoxy) is 1. The van der Waals surface area contributed by atoms with Crippen molar-refractivity contribution in [1.29, 1.82) is 0 Å². The van der Waals surface area contributed by atoms with Gasteiger partial charge < -0.3 is 14.9 Å². The zero-order valence-corrected chi connectivity index (χ0v) is 14.4. The average Bonchev–Trinajstić information content (AvgIpc) is 2.45. The van der Waals surface area contributed by atoms with Crippen LogP contribution in [0.25, 0.3) is 0 Å². The number of hydrogen-bond donors (Lipinski definition) is 2. The Morgan fingerprint density at radius 2 is 1.90 bits per heavy atom. The molecule has 21 heavy (non-hydrogen) atoms. The molecule has 0 bridgehead atoms. The summed E-state index contributed by atoms with van der Waals surface area (Å²) in [4.78, 5) is 10.6. The predicted molar refractivity (Wildman–Crippen MR) is 86.2 cm³/mol. The summed E-state index contributed by atoms with van der Waals surface area (Å²) in [5.41, 5.74) is 3.61. The third-order valence-electron chi connectivity index (χ3n) is 3.59. The molecule has 1 rings (SSSR count). The van der Waals surface area contributed by atoms with E-state index in [1.807, 2.05) is 26.8 Å². The topological polar surface area (TPSA) is 66.8 Å². The number of carboxylic acid groups (broad SMARTS) is 1. The Labute approximate surface area is 133 Å². The zero-order chi connectivity index (χ0) is 16.2. The van der Waals surface area contributed by atoms with Crippen LogP contribution in [-0.2, 0) is 11.2 Å². The van der Waals surface area contributed by atoms with Crippen molar-refractivity contribution in [2.45, 2.75) is 40.0 Å². The third kappa shape index (κ3) is 4.24. The van der Waals surface area contributed by atoms with Crippen LogP contribution in [0.1, 0.15) is 36.5 Å². The number of rotatable bonds is 6. The number of carboxylic acids is 1. The molecular weight excluding hydrogens is 336 g/mol. The van der Waals surface area contributed by atoms with E-state index in [4.69, 9.17) is 9.84 Å². The number of halogens is 1. The van der Waals surface area contributed by atoms with Crippen molar-refractivity contribution in [1.82, 2.24) is 0 Å². The summed E-state index contributed by atoms with van der Waals surface area (Å²) in [5.74, 6) is 0.0461. The van der Waals surface area contributed by atoms with Crippen molar-refractivity contribution in [2.24, 2.45) is 0 Å². The van der Waals surface area contributed by atoms with Gasteiger partial charge >= 0.3 is 5.97 Å². The van der Waals surface area contributed by atoms with Crippen LogP contribution in [0.2, 0.25) is 0 Å². The predicted octanol–water partition coefficient (Wildman–Crippen LogP) is 4.13. The highest BCUT2D eigenvalue weighted by Crippen LogP contribution is 2.41. The Morgan fingerprint density at radius 3 is 2.43 bits per heavy atom. The van der Waals surface area contributed by atoms with Crippen molar-refractivity contribution in [3.63, 3.8) is 0 Å². The fourth-order valence-corrected chi connectivity index (χ4v) is 2.66. The molecule has 0 atom stereocenters. The molecule has 0 aliphatic carbocycles. The molecule has 5 heteroatoms. The number of phenolic OH excluding ortho intramolecular Hbond substituents is 1. The molecule has 0 fully saturated rings. The van der Waals surface area contributed by atoms with E-state index in [0.29, 0.717) is 28.6 Å². The van der Waals surface area contributed by atoms with Gasteiger partial charge in [-0.3, -0.25) is 4.79 Å². The summed E-state index contributed by atoms with van der Waals surface area (Å²) >= 11 is 3.40. The maximum absolute atomic E-state index is 10.6. The normalized spacial score (nSPS) is 11.6. The monoisotopic (exact) mass is 356 g/mol. The Hall–Kier alpha value is -1.49. The molecule has 4 nitrogen and oxygen atoms in total. The largest absolute Gasteiger partial charge is 0.506 e. The van der Waals surface area contributed by atoms with Gasteiger partial charge in [0.25, 0.3) is 0 Å². The minimum atomic E-state index is -0.808. The molecule has 0 heterocycles. The molecule has 0 aliphatic rings. The lowest BCUT2D eigenvalue weighted by Crippen LogP contribution is -1.99. The summed E-state index contributed by atoms with van der Waals surface area (Å²) in [7, 11) is 1.58. The fourth-order valence-electron chi connectivity index (χ4n) is 2.13. The second-order valence-corrected chi connectivity index (χ2v) is 5.87. The van der Waals surface area contributed by atoms with E-state index in [-0.39, 0.29) is 12.2 Å². The highest BCUT2D eigenvalue weighted by molar-refractivity contribution is 9.10. The lowest BCUT2D eigenvalue weighted by molar-refractivity contribution is -0.136.